The molecule has 16 heavy (non-hydrogen) atoms. The van der Waals surface area contributed by atoms with Gasteiger partial charge in [-0.05, 0) is 25.3 Å². The topological polar surface area (TPSA) is 69.1 Å². The van der Waals surface area contributed by atoms with Crippen molar-refractivity contribution in [3.63, 3.8) is 0 Å². The van der Waals surface area contributed by atoms with E-state index in [1.54, 1.807) is 0 Å². The molecule has 1 heterocycles. The molecule has 0 atom stereocenters. The second-order valence-electron chi connectivity index (χ2n) is 3.89. The first-order valence-electron chi connectivity index (χ1n) is 5.47. The molecule has 0 spiro atoms. The fourth-order valence-corrected chi connectivity index (χ4v) is 1.78. The third-order valence-electron chi connectivity index (χ3n) is 2.59. The fourth-order valence-electron chi connectivity index (χ4n) is 1.78. The summed E-state index contributed by atoms with van der Waals surface area (Å²) in [7, 11) is 0. The second kappa shape index (κ2) is 4.90. The molecule has 84 valence electrons. The van der Waals surface area contributed by atoms with Crippen LogP contribution >= 0.6 is 0 Å². The SMILES string of the molecule is O=C([O-])CCCCC1=Nc2ccccc2[NH2+]1. The van der Waals surface area contributed by atoms with E-state index in [0.29, 0.717) is 6.42 Å². The maximum absolute atomic E-state index is 10.2. The molecule has 0 bridgehead atoms. The number of hydrogen-bond acceptors (Lipinski definition) is 3. The Morgan fingerprint density at radius 3 is 2.88 bits per heavy atom. The van der Waals surface area contributed by atoms with Gasteiger partial charge in [0, 0.05) is 18.5 Å². The number of quaternary nitrogens is 1. The number of nitrogens with zero attached hydrogens (tertiary/aromatic N) is 1. The van der Waals surface area contributed by atoms with Gasteiger partial charge in [-0.2, -0.15) is 4.99 Å². The number of carbonyl (C=O) groups is 1. The van der Waals surface area contributed by atoms with Gasteiger partial charge in [0.05, 0.1) is 0 Å². The Labute approximate surface area is 94.0 Å². The molecule has 0 amide bonds. The van der Waals surface area contributed by atoms with Crippen LogP contribution in [0.2, 0.25) is 0 Å². The van der Waals surface area contributed by atoms with Crippen molar-refractivity contribution in [2.75, 3.05) is 0 Å². The molecular weight excluding hydrogens is 204 g/mol. The van der Waals surface area contributed by atoms with E-state index >= 15 is 0 Å². The van der Waals surface area contributed by atoms with Crippen molar-refractivity contribution >= 4 is 23.2 Å². The Morgan fingerprint density at radius 1 is 1.31 bits per heavy atom. The van der Waals surface area contributed by atoms with E-state index in [1.807, 2.05) is 24.3 Å². The Bertz CT molecular complexity index is 427. The number of hydrogen-bond donors (Lipinski definition) is 1. The summed E-state index contributed by atoms with van der Waals surface area (Å²) in [6, 6.07) is 7.98. The summed E-state index contributed by atoms with van der Waals surface area (Å²) in [5.41, 5.74) is 2.16. The van der Waals surface area contributed by atoms with Crippen LogP contribution in [-0.2, 0) is 4.79 Å². The van der Waals surface area contributed by atoms with Gasteiger partial charge >= 0.3 is 0 Å². The van der Waals surface area contributed by atoms with Crippen LogP contribution in [0, 0.1) is 0 Å². The van der Waals surface area contributed by atoms with Crippen LogP contribution in [0.3, 0.4) is 0 Å². The minimum atomic E-state index is -0.972. The van der Waals surface area contributed by atoms with Gasteiger partial charge in [0.2, 0.25) is 5.84 Å². The number of aliphatic imine (C=N–C) groups is 1. The van der Waals surface area contributed by atoms with Gasteiger partial charge in [0.15, 0.2) is 5.69 Å². The number of carboxylic acids is 1. The molecule has 0 unspecified atom stereocenters. The van der Waals surface area contributed by atoms with Crippen LogP contribution in [0.1, 0.15) is 25.7 Å². The molecule has 2 rings (SSSR count). The minimum Gasteiger partial charge on any atom is -0.550 e. The van der Waals surface area contributed by atoms with E-state index in [9.17, 15) is 9.90 Å². The standard InChI is InChI=1S/C12H14N2O2/c15-12(16)8-4-3-7-11-13-9-5-1-2-6-10(9)14-11/h1-2,5-6H,3-4,7-8H2,(H,13,14)(H,15,16). The number of fused-ring (bicyclic) bond motifs is 1. The first-order valence-corrected chi connectivity index (χ1v) is 5.47. The van der Waals surface area contributed by atoms with E-state index in [1.165, 1.54) is 0 Å². The van der Waals surface area contributed by atoms with E-state index in [-0.39, 0.29) is 6.42 Å². The lowest BCUT2D eigenvalue weighted by atomic mass is 10.2. The minimum absolute atomic E-state index is 0.139. The highest BCUT2D eigenvalue weighted by atomic mass is 16.4. The lowest BCUT2D eigenvalue weighted by Gasteiger charge is -2.00. The zero-order valence-corrected chi connectivity index (χ0v) is 8.98. The molecule has 1 aromatic rings. The fraction of sp³-hybridized carbons (Fsp3) is 0.333. The first-order chi connectivity index (χ1) is 7.75. The maximum atomic E-state index is 10.2. The zero-order valence-electron chi connectivity index (χ0n) is 8.98. The van der Waals surface area contributed by atoms with Gasteiger partial charge in [-0.25, -0.2) is 0 Å². The van der Waals surface area contributed by atoms with Crippen LogP contribution in [0.25, 0.3) is 0 Å². The van der Waals surface area contributed by atoms with Crippen LogP contribution in [0.5, 0.6) is 0 Å². The number of aliphatic carboxylic acids is 1. The van der Waals surface area contributed by atoms with E-state index in [4.69, 9.17) is 0 Å². The third kappa shape index (κ3) is 2.67. The summed E-state index contributed by atoms with van der Waals surface area (Å²) < 4.78 is 0. The van der Waals surface area contributed by atoms with Crippen LogP contribution in [0.4, 0.5) is 11.4 Å². The van der Waals surface area contributed by atoms with Crippen molar-refractivity contribution in [2.45, 2.75) is 25.7 Å². The lowest BCUT2D eigenvalue weighted by molar-refractivity contribution is -0.441. The molecule has 0 aromatic heterocycles. The summed E-state index contributed by atoms with van der Waals surface area (Å²) in [4.78, 5) is 14.7. The van der Waals surface area contributed by atoms with Gasteiger partial charge in [-0.15, -0.1) is 0 Å². The summed E-state index contributed by atoms with van der Waals surface area (Å²) in [5, 5.41) is 12.3. The van der Waals surface area contributed by atoms with Gasteiger partial charge in [0.25, 0.3) is 0 Å². The van der Waals surface area contributed by atoms with E-state index < -0.39 is 5.97 Å². The van der Waals surface area contributed by atoms with E-state index in [2.05, 4.69) is 10.3 Å². The maximum Gasteiger partial charge on any atom is 0.205 e. The molecule has 1 aliphatic heterocycles. The average Bonchev–Trinajstić information content (AvgIpc) is 2.66. The predicted molar refractivity (Wildman–Crippen MR) is 58.6 cm³/mol. The highest BCUT2D eigenvalue weighted by molar-refractivity contribution is 5.84. The molecule has 0 saturated heterocycles. The molecule has 2 N–H and O–H groups in total. The number of amidine groups is 1. The van der Waals surface area contributed by atoms with Crippen molar-refractivity contribution in [2.24, 2.45) is 4.99 Å². The summed E-state index contributed by atoms with van der Waals surface area (Å²) >= 11 is 0. The highest BCUT2D eigenvalue weighted by Crippen LogP contribution is 2.23. The normalized spacial score (nSPS) is 13.4. The Hall–Kier alpha value is -1.68. The van der Waals surface area contributed by atoms with Gasteiger partial charge in [-0.1, -0.05) is 12.1 Å². The Balaban J connectivity index is 1.80. The monoisotopic (exact) mass is 218 g/mol. The van der Waals surface area contributed by atoms with Crippen molar-refractivity contribution in [3.8, 4) is 0 Å². The predicted octanol–water partition coefficient (Wildman–Crippen LogP) is 0.235. The molecule has 4 heteroatoms. The highest BCUT2D eigenvalue weighted by Gasteiger charge is 2.17. The zero-order chi connectivity index (χ0) is 11.4. The molecule has 1 aromatic carbocycles. The van der Waals surface area contributed by atoms with Crippen molar-refractivity contribution in [1.82, 2.24) is 0 Å². The molecule has 0 fully saturated rings. The van der Waals surface area contributed by atoms with Crippen LogP contribution in [0.15, 0.2) is 29.3 Å². The molecule has 0 aliphatic carbocycles. The van der Waals surface area contributed by atoms with Gasteiger partial charge < -0.3 is 9.90 Å². The number of para-hydroxylation sites is 2. The summed E-state index contributed by atoms with van der Waals surface area (Å²) in [5.74, 6) is 0.0696. The summed E-state index contributed by atoms with van der Waals surface area (Å²) in [6.45, 7) is 0. The molecule has 4 nitrogen and oxygen atoms in total. The number of unbranched alkanes of at least 4 members (excludes halogenated alkanes) is 1. The molecule has 0 radical (unpaired) electrons. The first kappa shape index (κ1) is 10.8. The third-order valence-corrected chi connectivity index (χ3v) is 2.59. The number of carboxylic acid groups (broad SMARTS) is 1. The van der Waals surface area contributed by atoms with Crippen molar-refractivity contribution in [3.05, 3.63) is 24.3 Å². The lowest BCUT2D eigenvalue weighted by Crippen LogP contribution is -2.80. The van der Waals surface area contributed by atoms with Crippen molar-refractivity contribution < 1.29 is 15.2 Å². The van der Waals surface area contributed by atoms with Crippen molar-refractivity contribution in [1.29, 1.82) is 0 Å². The largest absolute Gasteiger partial charge is 0.550 e. The number of nitrogens with two attached hydrogens (primary N) is 1. The average molecular weight is 218 g/mol. The molecule has 0 saturated carbocycles. The Kier molecular flexibility index (Phi) is 3.31. The number of benzene rings is 1. The quantitative estimate of drug-likeness (QED) is 0.568. The van der Waals surface area contributed by atoms with Crippen LogP contribution in [-0.4, -0.2) is 11.8 Å². The van der Waals surface area contributed by atoms with Crippen LogP contribution < -0.4 is 10.4 Å². The van der Waals surface area contributed by atoms with Gasteiger partial charge in [0.1, 0.15) is 5.69 Å². The number of rotatable bonds is 5. The smallest absolute Gasteiger partial charge is 0.205 e. The Morgan fingerprint density at radius 2 is 2.12 bits per heavy atom. The molecule has 1 aliphatic rings. The summed E-state index contributed by atoms with van der Waals surface area (Å²) in [6.07, 6.45) is 2.48. The van der Waals surface area contributed by atoms with E-state index in [0.717, 1.165) is 30.1 Å². The van der Waals surface area contributed by atoms with Gasteiger partial charge in [-0.3, -0.25) is 5.32 Å². The number of carbonyl (C=O) groups excluding carboxylic acids is 1. The molecular formula is C12H14N2O2. The second-order valence-corrected chi connectivity index (χ2v) is 3.89.